The van der Waals surface area contributed by atoms with Gasteiger partial charge in [-0.15, -0.1) is 0 Å². The third-order valence-corrected chi connectivity index (χ3v) is 13.7. The third kappa shape index (κ3) is 49.8. The van der Waals surface area contributed by atoms with Gasteiger partial charge < -0.3 is 14.2 Å². The Bertz CT molecular complexity index is 966. The fourth-order valence-electron chi connectivity index (χ4n) is 8.89. The van der Waals surface area contributed by atoms with Gasteiger partial charge in [0.2, 0.25) is 0 Å². The van der Waals surface area contributed by atoms with Crippen LogP contribution in [0.1, 0.15) is 329 Å². The Kier molecular flexibility index (Phi) is 51.1. The van der Waals surface area contributed by atoms with Crippen molar-refractivity contribution in [1.29, 1.82) is 0 Å². The van der Waals surface area contributed by atoms with Gasteiger partial charge in [0.05, 0.1) is 0 Å². The zero-order chi connectivity index (χ0) is 46.7. The monoisotopic (exact) mass is 905 g/mol. The molecule has 0 aromatic heterocycles. The van der Waals surface area contributed by atoms with Crippen molar-refractivity contribution in [2.45, 2.75) is 336 Å². The lowest BCUT2D eigenvalue weighted by atomic mass is 9.99. The molecule has 0 radical (unpaired) electrons. The van der Waals surface area contributed by atoms with Crippen LogP contribution in [-0.2, 0) is 28.6 Å². The number of hydrogen-bond acceptors (Lipinski definition) is 6. The van der Waals surface area contributed by atoms with Crippen molar-refractivity contribution in [3.8, 4) is 0 Å². The molecule has 0 N–H and O–H groups in total. The zero-order valence-electron chi connectivity index (χ0n) is 43.8. The number of carbonyl (C=O) groups excluding carboxylic acids is 3. The first-order chi connectivity index (χ1) is 31.4. The first-order valence-corrected chi connectivity index (χ1v) is 28.9. The molecule has 0 aliphatic rings. The highest BCUT2D eigenvalue weighted by Crippen LogP contribution is 2.18. The van der Waals surface area contributed by atoms with E-state index in [9.17, 15) is 14.4 Å². The van der Waals surface area contributed by atoms with E-state index in [4.69, 9.17) is 14.2 Å². The van der Waals surface area contributed by atoms with E-state index in [2.05, 4.69) is 27.7 Å². The van der Waals surface area contributed by atoms with E-state index in [1.54, 1.807) is 0 Å². The van der Waals surface area contributed by atoms with Gasteiger partial charge in [-0.3, -0.25) is 14.4 Å². The average molecular weight is 906 g/mol. The van der Waals surface area contributed by atoms with E-state index >= 15 is 0 Å². The van der Waals surface area contributed by atoms with Crippen LogP contribution in [0.25, 0.3) is 0 Å². The maximum absolute atomic E-state index is 12.8. The molecule has 0 rings (SSSR count). The van der Waals surface area contributed by atoms with Crippen LogP contribution in [0.2, 0.25) is 0 Å². The van der Waals surface area contributed by atoms with Crippen LogP contribution in [0.5, 0.6) is 0 Å². The first kappa shape index (κ1) is 62.4. The highest BCUT2D eigenvalue weighted by molar-refractivity contribution is 5.71. The Morgan fingerprint density at radius 1 is 0.312 bits per heavy atom. The van der Waals surface area contributed by atoms with Gasteiger partial charge in [-0.2, -0.15) is 0 Å². The maximum Gasteiger partial charge on any atom is 0.306 e. The molecule has 6 heteroatoms. The molecule has 0 aromatic rings. The minimum Gasteiger partial charge on any atom is -0.462 e. The van der Waals surface area contributed by atoms with Crippen molar-refractivity contribution in [1.82, 2.24) is 0 Å². The summed E-state index contributed by atoms with van der Waals surface area (Å²) in [4.78, 5) is 38.1. The number of unbranched alkanes of at least 4 members (excludes halogenated alkanes) is 39. The van der Waals surface area contributed by atoms with Crippen LogP contribution >= 0.6 is 0 Å². The fraction of sp³-hybridized carbons (Fsp3) is 0.948. The van der Waals surface area contributed by atoms with Gasteiger partial charge in [0.25, 0.3) is 0 Å². The van der Waals surface area contributed by atoms with E-state index < -0.39 is 6.10 Å². The van der Waals surface area contributed by atoms with Crippen molar-refractivity contribution in [3.63, 3.8) is 0 Å². The second-order valence-electron chi connectivity index (χ2n) is 20.2. The minimum atomic E-state index is -0.762. The number of ether oxygens (including phenoxy) is 3. The minimum absolute atomic E-state index is 0.0620. The Morgan fingerprint density at radius 2 is 0.547 bits per heavy atom. The molecule has 0 saturated heterocycles. The number of hydrogen-bond donors (Lipinski definition) is 0. The second-order valence-corrected chi connectivity index (χ2v) is 20.2. The highest BCUT2D eigenvalue weighted by atomic mass is 16.6. The Balaban J connectivity index is 4.31. The molecule has 64 heavy (non-hydrogen) atoms. The summed E-state index contributed by atoms with van der Waals surface area (Å²) >= 11 is 0. The van der Waals surface area contributed by atoms with Gasteiger partial charge in [-0.1, -0.05) is 291 Å². The molecule has 0 aliphatic heterocycles. The summed E-state index contributed by atoms with van der Waals surface area (Å²) in [6, 6.07) is 0. The molecule has 1 unspecified atom stereocenters. The van der Waals surface area contributed by atoms with Gasteiger partial charge in [-0.05, 0) is 25.2 Å². The summed E-state index contributed by atoms with van der Waals surface area (Å²) in [6.45, 7) is 9.08. The largest absolute Gasteiger partial charge is 0.462 e. The van der Waals surface area contributed by atoms with Gasteiger partial charge in [0, 0.05) is 19.3 Å². The molecule has 0 aromatic carbocycles. The van der Waals surface area contributed by atoms with Crippen LogP contribution in [0.15, 0.2) is 0 Å². The zero-order valence-corrected chi connectivity index (χ0v) is 43.8. The van der Waals surface area contributed by atoms with Crippen LogP contribution in [0, 0.1) is 5.92 Å². The number of esters is 3. The van der Waals surface area contributed by atoms with Crippen LogP contribution in [0.3, 0.4) is 0 Å². The third-order valence-electron chi connectivity index (χ3n) is 13.7. The standard InChI is InChI=1S/C58H112O6/c1-5-8-10-12-14-16-18-20-22-24-26-28-33-37-41-45-49-56(59)62-52-55(53-63-57(60)50-46-42-38-34-31-30-32-36-40-44-48-54(4)7-3)64-58(61)51-47-43-39-35-29-27-25-23-21-19-17-15-13-11-9-6-2/h54-55H,5-53H2,1-4H3/t54?,55-/m0/s1. The smallest absolute Gasteiger partial charge is 0.306 e. The Labute approximate surface area is 399 Å². The molecule has 2 atom stereocenters. The van der Waals surface area contributed by atoms with E-state index in [-0.39, 0.29) is 31.1 Å². The Morgan fingerprint density at radius 3 is 0.812 bits per heavy atom. The van der Waals surface area contributed by atoms with Gasteiger partial charge in [0.1, 0.15) is 13.2 Å². The molecule has 380 valence electrons. The summed E-state index contributed by atoms with van der Waals surface area (Å²) in [5.41, 5.74) is 0. The van der Waals surface area contributed by atoms with Crippen molar-refractivity contribution < 1.29 is 28.6 Å². The molecule has 0 fully saturated rings. The Hall–Kier alpha value is -1.59. The summed E-state index contributed by atoms with van der Waals surface area (Å²) in [5.74, 6) is 0.0340. The normalized spacial score (nSPS) is 12.4. The van der Waals surface area contributed by atoms with Crippen molar-refractivity contribution in [2.24, 2.45) is 5.92 Å². The lowest BCUT2D eigenvalue weighted by molar-refractivity contribution is -0.167. The van der Waals surface area contributed by atoms with E-state index in [1.807, 2.05) is 0 Å². The molecule has 6 nitrogen and oxygen atoms in total. The van der Waals surface area contributed by atoms with Crippen molar-refractivity contribution in [2.75, 3.05) is 13.2 Å². The lowest BCUT2D eigenvalue weighted by Gasteiger charge is -2.18. The lowest BCUT2D eigenvalue weighted by Crippen LogP contribution is -2.30. The maximum atomic E-state index is 12.8. The summed E-state index contributed by atoms with van der Waals surface area (Å²) in [6.07, 6.45) is 56.5. The van der Waals surface area contributed by atoms with Gasteiger partial charge in [0.15, 0.2) is 6.10 Å². The van der Waals surface area contributed by atoms with Gasteiger partial charge in [-0.25, -0.2) is 0 Å². The first-order valence-electron chi connectivity index (χ1n) is 28.9. The predicted molar refractivity (Wildman–Crippen MR) is 275 cm³/mol. The quantitative estimate of drug-likeness (QED) is 0.0344. The molecule has 0 aliphatic carbocycles. The van der Waals surface area contributed by atoms with Crippen molar-refractivity contribution in [3.05, 3.63) is 0 Å². The molecule has 0 spiro atoms. The van der Waals surface area contributed by atoms with Crippen molar-refractivity contribution >= 4 is 17.9 Å². The molecular weight excluding hydrogens is 793 g/mol. The van der Waals surface area contributed by atoms with E-state index in [0.29, 0.717) is 19.3 Å². The van der Waals surface area contributed by atoms with E-state index in [1.165, 1.54) is 225 Å². The van der Waals surface area contributed by atoms with E-state index in [0.717, 1.165) is 63.7 Å². The molecular formula is C58H112O6. The molecule has 0 heterocycles. The highest BCUT2D eigenvalue weighted by Gasteiger charge is 2.19. The molecule has 0 amide bonds. The van der Waals surface area contributed by atoms with Crippen LogP contribution in [0.4, 0.5) is 0 Å². The molecule has 0 bridgehead atoms. The predicted octanol–water partition coefficient (Wildman–Crippen LogP) is 19.0. The summed E-state index contributed by atoms with van der Waals surface area (Å²) < 4.78 is 16.9. The second kappa shape index (κ2) is 52.4. The van der Waals surface area contributed by atoms with Crippen LogP contribution < -0.4 is 0 Å². The average Bonchev–Trinajstić information content (AvgIpc) is 3.29. The SMILES string of the molecule is CCCCCCCCCCCCCCCCCCC(=O)OC[C@@H](COC(=O)CCCCCCCCCCCCC(C)CC)OC(=O)CCCCCCCCCCCCCCCCCC. The van der Waals surface area contributed by atoms with Gasteiger partial charge >= 0.3 is 17.9 Å². The molecule has 0 saturated carbocycles. The number of rotatable bonds is 53. The fourth-order valence-corrected chi connectivity index (χ4v) is 8.89. The van der Waals surface area contributed by atoms with Crippen LogP contribution in [-0.4, -0.2) is 37.2 Å². The summed E-state index contributed by atoms with van der Waals surface area (Å²) in [7, 11) is 0. The topological polar surface area (TPSA) is 78.9 Å². The summed E-state index contributed by atoms with van der Waals surface area (Å²) in [5, 5.41) is 0. The number of carbonyl (C=O) groups is 3.